The van der Waals surface area contributed by atoms with Crippen molar-refractivity contribution in [2.75, 3.05) is 12.8 Å². The Morgan fingerprint density at radius 1 is 1.50 bits per heavy atom. The van der Waals surface area contributed by atoms with E-state index in [0.29, 0.717) is 5.69 Å². The molecule has 0 fully saturated rings. The second-order valence-corrected chi connectivity index (χ2v) is 5.70. The number of pyridine rings is 1. The third-order valence-electron chi connectivity index (χ3n) is 3.15. The number of carbonyl (C=O) groups is 1. The summed E-state index contributed by atoms with van der Waals surface area (Å²) < 4.78 is 1.89. The number of aliphatic hydroxyl groups excluding tert-OH is 1. The molecular formula is C14H19N3O2S. The number of nitrogens with one attached hydrogen (secondary N) is 1. The summed E-state index contributed by atoms with van der Waals surface area (Å²) in [5, 5.41) is 13.3. The van der Waals surface area contributed by atoms with Gasteiger partial charge in [-0.2, -0.15) is 0 Å². The fourth-order valence-electron chi connectivity index (χ4n) is 1.84. The number of nitrogens with zero attached hydrogens (tertiary/aromatic N) is 2. The van der Waals surface area contributed by atoms with Crippen LogP contribution in [0.3, 0.4) is 0 Å². The van der Waals surface area contributed by atoms with Crippen LogP contribution in [-0.2, 0) is 0 Å². The highest BCUT2D eigenvalue weighted by Crippen LogP contribution is 2.19. The Morgan fingerprint density at radius 3 is 2.90 bits per heavy atom. The Kier molecular flexibility index (Phi) is 4.67. The Bertz CT molecular complexity index is 609. The zero-order valence-corrected chi connectivity index (χ0v) is 12.6. The molecule has 1 atom stereocenters. The first-order chi connectivity index (χ1) is 9.54. The number of amides is 1. The number of imidazole rings is 1. The highest BCUT2D eigenvalue weighted by atomic mass is 32.2. The predicted molar refractivity (Wildman–Crippen MR) is 80.2 cm³/mol. The van der Waals surface area contributed by atoms with E-state index in [2.05, 4.69) is 10.3 Å². The molecule has 0 saturated carbocycles. The van der Waals surface area contributed by atoms with Crippen molar-refractivity contribution in [1.82, 2.24) is 14.7 Å². The van der Waals surface area contributed by atoms with E-state index in [9.17, 15) is 9.90 Å². The van der Waals surface area contributed by atoms with Crippen LogP contribution in [0.15, 0.2) is 29.6 Å². The van der Waals surface area contributed by atoms with Gasteiger partial charge in [-0.05, 0) is 24.3 Å². The molecule has 2 aromatic rings. The smallest absolute Gasteiger partial charge is 0.272 e. The van der Waals surface area contributed by atoms with Crippen LogP contribution in [-0.4, -0.2) is 39.3 Å². The summed E-state index contributed by atoms with van der Waals surface area (Å²) in [5.74, 6) is -0.149. The topological polar surface area (TPSA) is 66.6 Å². The molecule has 2 N–H and O–H groups in total. The number of fused-ring (bicyclic) bond motifs is 1. The van der Waals surface area contributed by atoms with E-state index in [4.69, 9.17) is 0 Å². The van der Waals surface area contributed by atoms with E-state index in [1.54, 1.807) is 0 Å². The molecular weight excluding hydrogens is 274 g/mol. The molecule has 2 heterocycles. The van der Waals surface area contributed by atoms with Crippen molar-refractivity contribution >= 4 is 23.2 Å². The summed E-state index contributed by atoms with van der Waals surface area (Å²) in [5.41, 5.74) is 1.17. The normalized spacial score (nSPS) is 12.8. The summed E-state index contributed by atoms with van der Waals surface area (Å²) in [6.07, 6.45) is 3.26. The van der Waals surface area contributed by atoms with Crippen LogP contribution < -0.4 is 5.32 Å². The van der Waals surface area contributed by atoms with E-state index in [1.807, 2.05) is 48.9 Å². The third-order valence-corrected chi connectivity index (χ3v) is 3.81. The summed E-state index contributed by atoms with van der Waals surface area (Å²) >= 11 is 1.49. The molecule has 0 bridgehead atoms. The first-order valence-electron chi connectivity index (χ1n) is 6.52. The van der Waals surface area contributed by atoms with Crippen LogP contribution in [0.1, 0.15) is 24.3 Å². The van der Waals surface area contributed by atoms with Gasteiger partial charge < -0.3 is 10.4 Å². The number of aliphatic hydroxyl groups is 1. The second kappa shape index (κ2) is 6.28. The van der Waals surface area contributed by atoms with Gasteiger partial charge in [0.1, 0.15) is 0 Å². The zero-order chi connectivity index (χ0) is 14.7. The molecule has 0 aliphatic carbocycles. The van der Waals surface area contributed by atoms with Gasteiger partial charge in [0.2, 0.25) is 0 Å². The maximum atomic E-state index is 12.2. The molecule has 0 radical (unpaired) electrons. The number of hydrogen-bond donors (Lipinski definition) is 2. The van der Waals surface area contributed by atoms with Crippen LogP contribution >= 0.6 is 11.8 Å². The lowest BCUT2D eigenvalue weighted by atomic mass is 10.1. The SMILES string of the molecule is CSc1nc(C(=O)NCC(O)C(C)C)c2ccccn12. The molecule has 108 valence electrons. The largest absolute Gasteiger partial charge is 0.391 e. The second-order valence-electron chi connectivity index (χ2n) is 4.92. The van der Waals surface area contributed by atoms with Crippen molar-refractivity contribution in [3.05, 3.63) is 30.1 Å². The van der Waals surface area contributed by atoms with Gasteiger partial charge in [0.15, 0.2) is 10.9 Å². The number of rotatable bonds is 5. The standard InChI is InChI=1S/C14H19N3O2S/c1-9(2)11(18)8-15-13(19)12-10-6-4-5-7-17(10)14(16-12)20-3/h4-7,9,11,18H,8H2,1-3H3,(H,15,19). The lowest BCUT2D eigenvalue weighted by Gasteiger charge is -2.14. The highest BCUT2D eigenvalue weighted by Gasteiger charge is 2.18. The number of aromatic nitrogens is 2. The summed E-state index contributed by atoms with van der Waals surface area (Å²) in [6.45, 7) is 4.06. The molecule has 0 spiro atoms. The minimum Gasteiger partial charge on any atom is -0.391 e. The Morgan fingerprint density at radius 2 is 2.25 bits per heavy atom. The van der Waals surface area contributed by atoms with Gasteiger partial charge in [-0.3, -0.25) is 9.20 Å². The van der Waals surface area contributed by atoms with Gasteiger partial charge in [0.05, 0.1) is 11.6 Å². The quantitative estimate of drug-likeness (QED) is 0.825. The third kappa shape index (κ3) is 2.96. The maximum absolute atomic E-state index is 12.2. The van der Waals surface area contributed by atoms with E-state index in [1.165, 1.54) is 11.8 Å². The molecule has 0 aliphatic rings. The maximum Gasteiger partial charge on any atom is 0.272 e. The lowest BCUT2D eigenvalue weighted by Crippen LogP contribution is -2.34. The van der Waals surface area contributed by atoms with E-state index >= 15 is 0 Å². The van der Waals surface area contributed by atoms with Gasteiger partial charge in [-0.25, -0.2) is 4.98 Å². The Balaban J connectivity index is 2.22. The molecule has 2 aromatic heterocycles. The highest BCUT2D eigenvalue weighted by molar-refractivity contribution is 7.98. The van der Waals surface area contributed by atoms with Gasteiger partial charge in [0, 0.05) is 12.7 Å². The van der Waals surface area contributed by atoms with Crippen molar-refractivity contribution in [3.8, 4) is 0 Å². The Labute approximate surface area is 122 Å². The minimum absolute atomic E-state index is 0.107. The number of carbonyl (C=O) groups excluding carboxylic acids is 1. The summed E-state index contributed by atoms with van der Waals surface area (Å²) in [7, 11) is 0. The molecule has 1 unspecified atom stereocenters. The molecule has 1 amide bonds. The minimum atomic E-state index is -0.548. The monoisotopic (exact) mass is 293 g/mol. The van der Waals surface area contributed by atoms with Gasteiger partial charge in [0.25, 0.3) is 5.91 Å². The average molecular weight is 293 g/mol. The van der Waals surface area contributed by atoms with Crippen molar-refractivity contribution < 1.29 is 9.90 Å². The van der Waals surface area contributed by atoms with E-state index < -0.39 is 6.10 Å². The van der Waals surface area contributed by atoms with Gasteiger partial charge in [-0.15, -0.1) is 0 Å². The van der Waals surface area contributed by atoms with E-state index in [-0.39, 0.29) is 18.4 Å². The molecule has 0 aromatic carbocycles. The predicted octanol–water partition coefficient (Wildman–Crippen LogP) is 1.80. The van der Waals surface area contributed by atoms with Crippen molar-refractivity contribution in [1.29, 1.82) is 0 Å². The summed E-state index contributed by atoms with van der Waals surface area (Å²) in [4.78, 5) is 16.6. The first-order valence-corrected chi connectivity index (χ1v) is 7.74. The average Bonchev–Trinajstić information content (AvgIpc) is 2.83. The number of hydrogen-bond acceptors (Lipinski definition) is 4. The molecule has 5 nitrogen and oxygen atoms in total. The van der Waals surface area contributed by atoms with Crippen LogP contribution in [0.25, 0.3) is 5.52 Å². The molecule has 0 aliphatic heterocycles. The number of thioether (sulfide) groups is 1. The lowest BCUT2D eigenvalue weighted by molar-refractivity contribution is 0.0869. The van der Waals surface area contributed by atoms with Crippen LogP contribution in [0.4, 0.5) is 0 Å². The van der Waals surface area contributed by atoms with Crippen LogP contribution in [0.5, 0.6) is 0 Å². The summed E-state index contributed by atoms with van der Waals surface area (Å²) in [6, 6.07) is 5.64. The van der Waals surface area contributed by atoms with Crippen molar-refractivity contribution in [3.63, 3.8) is 0 Å². The van der Waals surface area contributed by atoms with Crippen molar-refractivity contribution in [2.45, 2.75) is 25.1 Å². The fourth-order valence-corrected chi connectivity index (χ4v) is 2.38. The fraction of sp³-hybridized carbons (Fsp3) is 0.429. The van der Waals surface area contributed by atoms with Gasteiger partial charge >= 0.3 is 0 Å². The van der Waals surface area contributed by atoms with E-state index in [0.717, 1.165) is 10.7 Å². The first kappa shape index (κ1) is 14.9. The van der Waals surface area contributed by atoms with Crippen LogP contribution in [0, 0.1) is 5.92 Å². The Hall–Kier alpha value is -1.53. The zero-order valence-electron chi connectivity index (χ0n) is 11.8. The van der Waals surface area contributed by atoms with Crippen LogP contribution in [0.2, 0.25) is 0 Å². The molecule has 0 saturated heterocycles. The van der Waals surface area contributed by atoms with Gasteiger partial charge in [-0.1, -0.05) is 31.7 Å². The molecule has 20 heavy (non-hydrogen) atoms. The van der Waals surface area contributed by atoms with Crippen molar-refractivity contribution in [2.24, 2.45) is 5.92 Å². The molecule has 2 rings (SSSR count). The molecule has 6 heteroatoms.